The van der Waals surface area contributed by atoms with Gasteiger partial charge in [-0.2, -0.15) is 0 Å². The molecule has 92 valence electrons. The molecule has 0 aromatic rings. The fourth-order valence-corrected chi connectivity index (χ4v) is 3.35. The molecule has 4 heteroatoms. The van der Waals surface area contributed by atoms with Crippen molar-refractivity contribution in [3.63, 3.8) is 0 Å². The standard InChI is InChI=1S/C12H21NO3/c1-2-10(11(15)16)13-6-9(7-14)12(8-13)4-3-5-12/h9-10,14H,2-8H2,1H3,(H,15,16). The lowest BCUT2D eigenvalue weighted by Gasteiger charge is -2.42. The third kappa shape index (κ3) is 1.74. The average Bonchev–Trinajstić information content (AvgIpc) is 2.57. The number of hydrogen-bond donors (Lipinski definition) is 2. The second-order valence-corrected chi connectivity index (χ2v) is 5.29. The Morgan fingerprint density at radius 2 is 2.25 bits per heavy atom. The summed E-state index contributed by atoms with van der Waals surface area (Å²) in [5.41, 5.74) is 0.234. The average molecular weight is 227 g/mol. The van der Waals surface area contributed by atoms with Crippen molar-refractivity contribution in [2.24, 2.45) is 11.3 Å². The molecule has 0 radical (unpaired) electrons. The molecule has 2 unspecified atom stereocenters. The summed E-state index contributed by atoms with van der Waals surface area (Å²) < 4.78 is 0. The first-order valence-electron chi connectivity index (χ1n) is 6.20. The smallest absolute Gasteiger partial charge is 0.320 e. The third-order valence-electron chi connectivity index (χ3n) is 4.52. The normalized spacial score (nSPS) is 30.2. The highest BCUT2D eigenvalue weighted by atomic mass is 16.4. The van der Waals surface area contributed by atoms with Crippen molar-refractivity contribution >= 4 is 5.97 Å². The minimum atomic E-state index is -0.726. The van der Waals surface area contributed by atoms with Gasteiger partial charge in [0, 0.05) is 25.6 Å². The molecule has 2 atom stereocenters. The lowest BCUT2D eigenvalue weighted by atomic mass is 9.63. The van der Waals surface area contributed by atoms with Gasteiger partial charge in [-0.3, -0.25) is 9.69 Å². The summed E-state index contributed by atoms with van der Waals surface area (Å²) in [4.78, 5) is 13.2. The Morgan fingerprint density at radius 3 is 2.56 bits per heavy atom. The molecular weight excluding hydrogens is 206 g/mol. The highest BCUT2D eigenvalue weighted by molar-refractivity contribution is 5.73. The molecule has 1 spiro atoms. The molecule has 1 heterocycles. The van der Waals surface area contributed by atoms with Crippen LogP contribution in [0.1, 0.15) is 32.6 Å². The quantitative estimate of drug-likeness (QED) is 0.750. The maximum Gasteiger partial charge on any atom is 0.320 e. The second-order valence-electron chi connectivity index (χ2n) is 5.29. The fourth-order valence-electron chi connectivity index (χ4n) is 3.35. The van der Waals surface area contributed by atoms with Gasteiger partial charge in [-0.05, 0) is 24.7 Å². The van der Waals surface area contributed by atoms with Gasteiger partial charge >= 0.3 is 5.97 Å². The summed E-state index contributed by atoms with van der Waals surface area (Å²) in [5.74, 6) is -0.440. The van der Waals surface area contributed by atoms with E-state index in [4.69, 9.17) is 5.11 Å². The number of aliphatic hydroxyl groups is 1. The molecule has 2 rings (SSSR count). The van der Waals surface area contributed by atoms with Crippen LogP contribution in [-0.4, -0.2) is 46.8 Å². The van der Waals surface area contributed by atoms with E-state index in [1.807, 2.05) is 6.92 Å². The van der Waals surface area contributed by atoms with E-state index in [-0.39, 0.29) is 24.0 Å². The Hall–Kier alpha value is -0.610. The van der Waals surface area contributed by atoms with Gasteiger partial charge in [-0.15, -0.1) is 0 Å². The first kappa shape index (κ1) is 11.9. The van der Waals surface area contributed by atoms with E-state index in [0.717, 1.165) is 25.9 Å². The number of likely N-dealkylation sites (tertiary alicyclic amines) is 1. The first-order valence-corrected chi connectivity index (χ1v) is 6.20. The molecule has 0 aromatic carbocycles. The number of aliphatic carboxylic acids is 1. The van der Waals surface area contributed by atoms with Crippen molar-refractivity contribution < 1.29 is 15.0 Å². The zero-order chi connectivity index (χ0) is 11.8. The monoisotopic (exact) mass is 227 g/mol. The molecule has 4 nitrogen and oxygen atoms in total. The number of carboxylic acid groups (broad SMARTS) is 1. The Balaban J connectivity index is 2.07. The van der Waals surface area contributed by atoms with E-state index in [2.05, 4.69) is 4.90 Å². The summed E-state index contributed by atoms with van der Waals surface area (Å²) >= 11 is 0. The molecule has 2 aliphatic rings. The van der Waals surface area contributed by atoms with Crippen molar-refractivity contribution in [3.05, 3.63) is 0 Å². The number of hydrogen-bond acceptors (Lipinski definition) is 3. The maximum absolute atomic E-state index is 11.1. The molecule has 2 fully saturated rings. The summed E-state index contributed by atoms with van der Waals surface area (Å²) in [7, 11) is 0. The van der Waals surface area contributed by atoms with Crippen molar-refractivity contribution in [1.29, 1.82) is 0 Å². The fraction of sp³-hybridized carbons (Fsp3) is 0.917. The number of aliphatic hydroxyl groups excluding tert-OH is 1. The van der Waals surface area contributed by atoms with Gasteiger partial charge in [0.1, 0.15) is 6.04 Å². The Kier molecular flexibility index (Phi) is 3.22. The number of nitrogens with zero attached hydrogens (tertiary/aromatic N) is 1. The molecule has 1 aliphatic carbocycles. The predicted octanol–water partition coefficient (Wildman–Crippen LogP) is 0.944. The van der Waals surface area contributed by atoms with Gasteiger partial charge in [0.05, 0.1) is 0 Å². The van der Waals surface area contributed by atoms with Crippen LogP contribution in [0.2, 0.25) is 0 Å². The zero-order valence-electron chi connectivity index (χ0n) is 9.85. The van der Waals surface area contributed by atoms with Crippen LogP contribution in [0.4, 0.5) is 0 Å². The first-order chi connectivity index (χ1) is 7.63. The molecular formula is C12H21NO3. The van der Waals surface area contributed by atoms with Crippen LogP contribution in [0.25, 0.3) is 0 Å². The Bertz CT molecular complexity index is 275. The van der Waals surface area contributed by atoms with E-state index in [1.54, 1.807) is 0 Å². The highest BCUT2D eigenvalue weighted by Crippen LogP contribution is 2.51. The topological polar surface area (TPSA) is 60.8 Å². The summed E-state index contributed by atoms with van der Waals surface area (Å²) in [6.45, 7) is 3.73. The second kappa shape index (κ2) is 4.34. The highest BCUT2D eigenvalue weighted by Gasteiger charge is 2.51. The van der Waals surface area contributed by atoms with Gasteiger partial charge in [0.15, 0.2) is 0 Å². The van der Waals surface area contributed by atoms with Gasteiger partial charge < -0.3 is 10.2 Å². The van der Waals surface area contributed by atoms with Crippen LogP contribution >= 0.6 is 0 Å². The van der Waals surface area contributed by atoms with Crippen LogP contribution in [0.5, 0.6) is 0 Å². The molecule has 0 aromatic heterocycles. The summed E-state index contributed by atoms with van der Waals surface area (Å²) in [6, 6.07) is -0.367. The molecule has 1 saturated heterocycles. The van der Waals surface area contributed by atoms with Gasteiger partial charge in [-0.25, -0.2) is 0 Å². The predicted molar refractivity (Wildman–Crippen MR) is 60.1 cm³/mol. The molecule has 1 saturated carbocycles. The van der Waals surface area contributed by atoms with Crippen LogP contribution in [0.3, 0.4) is 0 Å². The molecule has 16 heavy (non-hydrogen) atoms. The number of rotatable bonds is 4. The molecule has 1 aliphatic heterocycles. The largest absolute Gasteiger partial charge is 0.480 e. The Morgan fingerprint density at radius 1 is 1.56 bits per heavy atom. The SMILES string of the molecule is CCC(C(=O)O)N1CC(CO)C2(CCC2)C1. The van der Waals surface area contributed by atoms with Crippen LogP contribution in [0, 0.1) is 11.3 Å². The van der Waals surface area contributed by atoms with Gasteiger partial charge in [0.25, 0.3) is 0 Å². The van der Waals surface area contributed by atoms with Crippen molar-refractivity contribution in [1.82, 2.24) is 4.90 Å². The molecule has 2 N–H and O–H groups in total. The summed E-state index contributed by atoms with van der Waals surface area (Å²) in [5, 5.41) is 18.6. The zero-order valence-corrected chi connectivity index (χ0v) is 9.85. The van der Waals surface area contributed by atoms with Crippen molar-refractivity contribution in [3.8, 4) is 0 Å². The third-order valence-corrected chi connectivity index (χ3v) is 4.52. The van der Waals surface area contributed by atoms with Crippen molar-refractivity contribution in [2.45, 2.75) is 38.6 Å². The van der Waals surface area contributed by atoms with E-state index < -0.39 is 5.97 Å². The summed E-state index contributed by atoms with van der Waals surface area (Å²) in [6.07, 6.45) is 4.19. The van der Waals surface area contributed by atoms with E-state index >= 15 is 0 Å². The minimum Gasteiger partial charge on any atom is -0.480 e. The van der Waals surface area contributed by atoms with Gasteiger partial charge in [-0.1, -0.05) is 13.3 Å². The minimum absolute atomic E-state index is 0.201. The van der Waals surface area contributed by atoms with Crippen LogP contribution in [0.15, 0.2) is 0 Å². The van der Waals surface area contributed by atoms with E-state index in [1.165, 1.54) is 6.42 Å². The molecule has 0 amide bonds. The van der Waals surface area contributed by atoms with Gasteiger partial charge in [0.2, 0.25) is 0 Å². The van der Waals surface area contributed by atoms with E-state index in [0.29, 0.717) is 6.42 Å². The maximum atomic E-state index is 11.1. The van der Waals surface area contributed by atoms with Crippen molar-refractivity contribution in [2.75, 3.05) is 19.7 Å². The number of carbonyl (C=O) groups is 1. The Labute approximate surface area is 96.3 Å². The van der Waals surface area contributed by atoms with E-state index in [9.17, 15) is 9.90 Å². The lowest BCUT2D eigenvalue weighted by molar-refractivity contribution is -0.143. The van der Waals surface area contributed by atoms with Crippen LogP contribution < -0.4 is 0 Å². The lowest BCUT2D eigenvalue weighted by Crippen LogP contribution is -2.42. The van der Waals surface area contributed by atoms with Crippen LogP contribution in [-0.2, 0) is 4.79 Å². The number of carboxylic acids is 1. The molecule has 0 bridgehead atoms.